The first-order valence-electron chi connectivity index (χ1n) is 9.66. The van der Waals surface area contributed by atoms with Crippen molar-refractivity contribution in [1.82, 2.24) is 9.88 Å². The lowest BCUT2D eigenvalue weighted by Gasteiger charge is -2.34. The summed E-state index contributed by atoms with van der Waals surface area (Å²) in [5.41, 5.74) is 4.70. The average molecular weight is 339 g/mol. The third-order valence-electron chi connectivity index (χ3n) is 5.59. The van der Waals surface area contributed by atoms with Gasteiger partial charge in [0, 0.05) is 49.1 Å². The third-order valence-corrected chi connectivity index (χ3v) is 5.59. The van der Waals surface area contributed by atoms with Gasteiger partial charge in [-0.25, -0.2) is 0 Å². The summed E-state index contributed by atoms with van der Waals surface area (Å²) < 4.78 is 5.78. The van der Waals surface area contributed by atoms with Gasteiger partial charge in [-0.1, -0.05) is 0 Å². The number of aromatic nitrogens is 1. The van der Waals surface area contributed by atoms with Crippen molar-refractivity contribution in [3.63, 3.8) is 0 Å². The van der Waals surface area contributed by atoms with Crippen molar-refractivity contribution in [2.45, 2.75) is 51.7 Å². The number of hydrogen-bond acceptors (Lipinski definition) is 4. The Hall–Kier alpha value is -1.65. The van der Waals surface area contributed by atoms with E-state index in [1.165, 1.54) is 55.4 Å². The van der Waals surface area contributed by atoms with E-state index < -0.39 is 0 Å². The van der Waals surface area contributed by atoms with E-state index in [0.29, 0.717) is 12.1 Å². The topological polar surface area (TPSA) is 37.4 Å². The van der Waals surface area contributed by atoms with Gasteiger partial charge in [0.25, 0.3) is 0 Å². The van der Waals surface area contributed by atoms with E-state index in [-0.39, 0.29) is 0 Å². The molecule has 0 saturated carbocycles. The van der Waals surface area contributed by atoms with Crippen LogP contribution in [0.5, 0.6) is 0 Å². The fraction of sp³-hybridized carbons (Fsp3) is 0.571. The molecule has 1 aromatic heterocycles. The Kier molecular flexibility index (Phi) is 4.91. The second kappa shape index (κ2) is 7.30. The van der Waals surface area contributed by atoms with E-state index in [4.69, 9.17) is 4.74 Å². The van der Waals surface area contributed by atoms with Gasteiger partial charge in [0.1, 0.15) is 0 Å². The molecular weight excluding hydrogens is 310 g/mol. The molecule has 4 rings (SSSR count). The predicted octanol–water partition coefficient (Wildman–Crippen LogP) is 3.91. The lowest BCUT2D eigenvalue weighted by molar-refractivity contribution is 0.0654. The van der Waals surface area contributed by atoms with Gasteiger partial charge in [-0.2, -0.15) is 0 Å². The molecule has 134 valence electrons. The molecule has 0 radical (unpaired) electrons. The van der Waals surface area contributed by atoms with Gasteiger partial charge in [0.2, 0.25) is 0 Å². The second-order valence-electron chi connectivity index (χ2n) is 7.67. The molecule has 0 aliphatic carbocycles. The fourth-order valence-corrected chi connectivity index (χ4v) is 4.22. The molecule has 0 amide bonds. The molecule has 3 heterocycles. The molecule has 1 atom stereocenters. The number of piperidine rings is 1. The van der Waals surface area contributed by atoms with Gasteiger partial charge in [-0.05, 0) is 69.4 Å². The monoisotopic (exact) mass is 339 g/mol. The van der Waals surface area contributed by atoms with Crippen molar-refractivity contribution in [3.05, 3.63) is 35.5 Å². The van der Waals surface area contributed by atoms with Crippen LogP contribution >= 0.6 is 0 Å². The second-order valence-corrected chi connectivity index (χ2v) is 7.67. The maximum absolute atomic E-state index is 5.78. The molecule has 4 nitrogen and oxygen atoms in total. The van der Waals surface area contributed by atoms with Crippen LogP contribution in [0.15, 0.2) is 24.3 Å². The van der Waals surface area contributed by atoms with E-state index >= 15 is 0 Å². The van der Waals surface area contributed by atoms with Gasteiger partial charge in [0.15, 0.2) is 0 Å². The Bertz CT molecular complexity index is 731. The number of hydrogen-bond donors (Lipinski definition) is 1. The van der Waals surface area contributed by atoms with Crippen molar-refractivity contribution < 1.29 is 4.74 Å². The number of rotatable bonds is 4. The molecule has 4 heteroatoms. The number of ether oxygens (including phenoxy) is 1. The van der Waals surface area contributed by atoms with E-state index in [2.05, 4.69) is 53.3 Å². The highest BCUT2D eigenvalue weighted by molar-refractivity contribution is 5.85. The number of anilines is 1. The Balaban J connectivity index is 1.36. The lowest BCUT2D eigenvalue weighted by Crippen LogP contribution is -2.42. The molecule has 2 aliphatic heterocycles. The minimum absolute atomic E-state index is 0.476. The van der Waals surface area contributed by atoms with Crippen LogP contribution < -0.4 is 5.32 Å². The summed E-state index contributed by atoms with van der Waals surface area (Å²) in [7, 11) is 0. The maximum Gasteiger partial charge on any atom is 0.0709 e. The quantitative estimate of drug-likeness (QED) is 0.916. The maximum atomic E-state index is 5.78. The smallest absolute Gasteiger partial charge is 0.0709 e. The first kappa shape index (κ1) is 16.8. The highest BCUT2D eigenvalue weighted by Gasteiger charge is 2.23. The molecule has 2 aromatic rings. The molecule has 1 aromatic carbocycles. The van der Waals surface area contributed by atoms with Crippen molar-refractivity contribution in [2.75, 3.05) is 31.6 Å². The number of likely N-dealkylation sites (tertiary alicyclic amines) is 1. The largest absolute Gasteiger partial charge is 0.382 e. The van der Waals surface area contributed by atoms with E-state index in [9.17, 15) is 0 Å². The Morgan fingerprint density at radius 2 is 2.00 bits per heavy atom. The van der Waals surface area contributed by atoms with Gasteiger partial charge < -0.3 is 15.0 Å². The number of benzene rings is 1. The zero-order chi connectivity index (χ0) is 17.2. The average Bonchev–Trinajstić information content (AvgIpc) is 3.10. The number of nitrogens with zero attached hydrogens (tertiary/aromatic N) is 2. The number of nitrogens with one attached hydrogen (secondary N) is 1. The predicted molar refractivity (Wildman–Crippen MR) is 103 cm³/mol. The Morgan fingerprint density at radius 1 is 1.16 bits per heavy atom. The van der Waals surface area contributed by atoms with Crippen LogP contribution in [0.2, 0.25) is 0 Å². The van der Waals surface area contributed by atoms with Gasteiger partial charge >= 0.3 is 0 Å². The molecule has 1 unspecified atom stereocenters. The van der Waals surface area contributed by atoms with Gasteiger partial charge in [0.05, 0.1) is 11.6 Å². The normalized spacial score (nSPS) is 22.6. The van der Waals surface area contributed by atoms with Gasteiger partial charge in [-0.15, -0.1) is 0 Å². The highest BCUT2D eigenvalue weighted by atomic mass is 16.5. The van der Waals surface area contributed by atoms with Crippen LogP contribution in [0, 0.1) is 13.8 Å². The van der Waals surface area contributed by atoms with E-state index in [1.807, 2.05) is 0 Å². The summed E-state index contributed by atoms with van der Waals surface area (Å²) in [5.74, 6) is 0. The summed E-state index contributed by atoms with van der Waals surface area (Å²) >= 11 is 0. The Labute approximate surface area is 150 Å². The van der Waals surface area contributed by atoms with E-state index in [1.54, 1.807) is 0 Å². The molecule has 2 fully saturated rings. The zero-order valence-electron chi connectivity index (χ0n) is 15.4. The Morgan fingerprint density at radius 3 is 2.76 bits per heavy atom. The van der Waals surface area contributed by atoms with Crippen LogP contribution in [0.1, 0.15) is 36.9 Å². The van der Waals surface area contributed by atoms with Crippen LogP contribution in [0.3, 0.4) is 0 Å². The fourth-order valence-electron chi connectivity index (χ4n) is 4.22. The van der Waals surface area contributed by atoms with Crippen molar-refractivity contribution in [2.24, 2.45) is 0 Å². The minimum atomic E-state index is 0.476. The number of aryl methyl sites for hydroxylation is 2. The van der Waals surface area contributed by atoms with Crippen LogP contribution in [0.25, 0.3) is 10.9 Å². The van der Waals surface area contributed by atoms with E-state index in [0.717, 1.165) is 24.4 Å². The summed E-state index contributed by atoms with van der Waals surface area (Å²) in [4.78, 5) is 7.21. The zero-order valence-corrected chi connectivity index (χ0v) is 15.4. The first-order valence-corrected chi connectivity index (χ1v) is 9.66. The standard InChI is InChI=1S/C21H29N3O/c1-15-12-16(2)22-21-6-5-18(13-20(15)21)23-17-7-9-24(10-8-17)14-19-4-3-11-25-19/h5-6,12-13,17,19,23H,3-4,7-11,14H2,1-2H3. The summed E-state index contributed by atoms with van der Waals surface area (Å²) in [5, 5.41) is 5.00. The minimum Gasteiger partial charge on any atom is -0.382 e. The summed E-state index contributed by atoms with van der Waals surface area (Å²) in [6, 6.07) is 9.31. The highest BCUT2D eigenvalue weighted by Crippen LogP contribution is 2.24. The molecule has 0 bridgehead atoms. The van der Waals surface area contributed by atoms with Gasteiger partial charge in [-0.3, -0.25) is 4.98 Å². The molecule has 25 heavy (non-hydrogen) atoms. The third kappa shape index (κ3) is 3.96. The number of pyridine rings is 1. The molecule has 2 aliphatic rings. The molecular formula is C21H29N3O. The first-order chi connectivity index (χ1) is 12.2. The SMILES string of the molecule is Cc1cc(C)c2cc(NC3CCN(CC4CCCO4)CC3)ccc2n1. The van der Waals surface area contributed by atoms with Crippen molar-refractivity contribution in [3.8, 4) is 0 Å². The number of fused-ring (bicyclic) bond motifs is 1. The molecule has 1 N–H and O–H groups in total. The van der Waals surface area contributed by atoms with Crippen molar-refractivity contribution in [1.29, 1.82) is 0 Å². The summed E-state index contributed by atoms with van der Waals surface area (Å²) in [6.45, 7) is 8.65. The lowest BCUT2D eigenvalue weighted by atomic mass is 10.0. The van der Waals surface area contributed by atoms with Crippen LogP contribution in [0.4, 0.5) is 5.69 Å². The van der Waals surface area contributed by atoms with Crippen LogP contribution in [-0.4, -0.2) is 48.3 Å². The summed E-state index contributed by atoms with van der Waals surface area (Å²) in [6.07, 6.45) is 5.36. The van der Waals surface area contributed by atoms with Crippen molar-refractivity contribution >= 4 is 16.6 Å². The molecule has 2 saturated heterocycles. The van der Waals surface area contributed by atoms with Crippen LogP contribution in [-0.2, 0) is 4.74 Å². The molecule has 0 spiro atoms.